The Bertz CT molecular complexity index is 272. The monoisotopic (exact) mass is 187 g/mol. The number of hydrogen-bond donors (Lipinski definition) is 0. The van der Waals surface area contributed by atoms with E-state index in [1.54, 1.807) is 0 Å². The third-order valence-corrected chi connectivity index (χ3v) is 2.25. The van der Waals surface area contributed by atoms with Crippen molar-refractivity contribution in [1.82, 2.24) is 8.96 Å². The maximum Gasteiger partial charge on any atom is 0.119 e. The molecule has 0 saturated carbocycles. The van der Waals surface area contributed by atoms with Gasteiger partial charge in [-0.1, -0.05) is 13.3 Å². The summed E-state index contributed by atoms with van der Waals surface area (Å²) in [6.45, 7) is 2.06. The Kier molecular flexibility index (Phi) is 3.43. The summed E-state index contributed by atoms with van der Waals surface area (Å²) in [4.78, 5) is 3.94. The summed E-state index contributed by atoms with van der Waals surface area (Å²) in [5.74, 6) is 0.616. The number of aromatic nitrogens is 2. The zero-order valence-corrected chi connectivity index (χ0v) is 7.71. The first-order valence-electron chi connectivity index (χ1n) is 3.87. The highest BCUT2D eigenvalue weighted by Gasteiger charge is 2.00. The third-order valence-electron chi connectivity index (χ3n) is 1.59. The average molecular weight is 187 g/mol. The van der Waals surface area contributed by atoms with E-state index in [4.69, 9.17) is 0 Å². The minimum Gasteiger partial charge on any atom is -0.755 e. The van der Waals surface area contributed by atoms with Crippen LogP contribution in [-0.2, 0) is 17.7 Å². The fraction of sp³-hybridized carbons (Fsp3) is 0.571. The molecule has 1 atom stereocenters. The molecule has 1 unspecified atom stereocenters. The first-order chi connectivity index (χ1) is 5.75. The number of unbranched alkanes of at least 4 members (excludes halogenated alkanes) is 1. The SMILES string of the molecule is CCCCc1nccn1S(=O)[O-]. The van der Waals surface area contributed by atoms with Crippen LogP contribution >= 0.6 is 0 Å². The predicted molar refractivity (Wildman–Crippen MR) is 45.2 cm³/mol. The smallest absolute Gasteiger partial charge is 0.119 e. The van der Waals surface area contributed by atoms with E-state index in [9.17, 15) is 8.76 Å². The lowest BCUT2D eigenvalue weighted by Gasteiger charge is -2.08. The lowest BCUT2D eigenvalue weighted by atomic mass is 10.2. The Morgan fingerprint density at radius 2 is 2.50 bits per heavy atom. The third kappa shape index (κ3) is 2.15. The van der Waals surface area contributed by atoms with Crippen molar-refractivity contribution in [3.8, 4) is 0 Å². The van der Waals surface area contributed by atoms with E-state index in [1.807, 2.05) is 0 Å². The molecule has 0 aliphatic heterocycles. The van der Waals surface area contributed by atoms with Crippen LogP contribution in [0.2, 0.25) is 0 Å². The standard InChI is InChI=1S/C7H12N2O2S/c1-2-3-4-7-8-5-6-9(7)12(10)11/h5-6H,2-4H2,1H3,(H,10,11)/p-1. The van der Waals surface area contributed by atoms with Crippen molar-refractivity contribution >= 4 is 11.3 Å². The molecule has 1 aromatic heterocycles. The fourth-order valence-electron chi connectivity index (χ4n) is 0.968. The van der Waals surface area contributed by atoms with Crippen LogP contribution < -0.4 is 0 Å². The molecule has 0 bridgehead atoms. The minimum absolute atomic E-state index is 0.616. The second-order valence-electron chi connectivity index (χ2n) is 2.49. The van der Waals surface area contributed by atoms with E-state index in [2.05, 4.69) is 11.9 Å². The van der Waals surface area contributed by atoms with Crippen molar-refractivity contribution in [2.24, 2.45) is 0 Å². The highest BCUT2D eigenvalue weighted by Crippen LogP contribution is 2.03. The van der Waals surface area contributed by atoms with Gasteiger partial charge in [0, 0.05) is 18.8 Å². The molecule has 1 rings (SSSR count). The molecule has 0 N–H and O–H groups in total. The van der Waals surface area contributed by atoms with E-state index >= 15 is 0 Å². The van der Waals surface area contributed by atoms with Crippen LogP contribution in [0, 0.1) is 0 Å². The van der Waals surface area contributed by atoms with Crippen LogP contribution in [0.15, 0.2) is 12.4 Å². The number of aryl methyl sites for hydroxylation is 1. The van der Waals surface area contributed by atoms with Gasteiger partial charge in [-0.2, -0.15) is 0 Å². The van der Waals surface area contributed by atoms with Crippen LogP contribution in [0.5, 0.6) is 0 Å². The minimum atomic E-state index is -2.21. The Morgan fingerprint density at radius 1 is 1.75 bits per heavy atom. The fourth-order valence-corrected chi connectivity index (χ4v) is 1.43. The molecule has 1 aromatic rings. The Balaban J connectivity index is 2.70. The lowest BCUT2D eigenvalue weighted by molar-refractivity contribution is 0.524. The second-order valence-corrected chi connectivity index (χ2v) is 3.32. The molecular weight excluding hydrogens is 176 g/mol. The van der Waals surface area contributed by atoms with Gasteiger partial charge in [0.05, 0.1) is 11.3 Å². The zero-order chi connectivity index (χ0) is 8.97. The van der Waals surface area contributed by atoms with E-state index in [-0.39, 0.29) is 0 Å². The summed E-state index contributed by atoms with van der Waals surface area (Å²) < 4.78 is 22.3. The lowest BCUT2D eigenvalue weighted by Crippen LogP contribution is -2.06. The van der Waals surface area contributed by atoms with E-state index in [1.165, 1.54) is 12.4 Å². The van der Waals surface area contributed by atoms with Crippen LogP contribution in [0.25, 0.3) is 0 Å². The summed E-state index contributed by atoms with van der Waals surface area (Å²) in [7, 11) is 0. The summed E-state index contributed by atoms with van der Waals surface area (Å²) in [6.07, 6.45) is 5.68. The molecule has 0 aromatic carbocycles. The Labute approximate surface area is 74.0 Å². The molecule has 0 fully saturated rings. The van der Waals surface area contributed by atoms with Crippen LogP contribution in [-0.4, -0.2) is 17.7 Å². The normalized spacial score (nSPS) is 13.2. The summed E-state index contributed by atoms with van der Waals surface area (Å²) in [5, 5.41) is 0. The maximum absolute atomic E-state index is 10.6. The molecule has 0 spiro atoms. The van der Waals surface area contributed by atoms with Gasteiger partial charge in [0.2, 0.25) is 0 Å². The van der Waals surface area contributed by atoms with Crippen molar-refractivity contribution in [3.63, 3.8) is 0 Å². The molecule has 0 radical (unpaired) electrons. The molecule has 0 aliphatic rings. The molecule has 12 heavy (non-hydrogen) atoms. The molecule has 5 heteroatoms. The van der Waals surface area contributed by atoms with Gasteiger partial charge in [-0.3, -0.25) is 8.18 Å². The van der Waals surface area contributed by atoms with Crippen LogP contribution in [0.4, 0.5) is 0 Å². The van der Waals surface area contributed by atoms with Gasteiger partial charge in [0.15, 0.2) is 0 Å². The van der Waals surface area contributed by atoms with Crippen molar-refractivity contribution in [3.05, 3.63) is 18.2 Å². The molecule has 68 valence electrons. The highest BCUT2D eigenvalue weighted by molar-refractivity contribution is 7.77. The number of rotatable bonds is 4. The van der Waals surface area contributed by atoms with E-state index in [0.29, 0.717) is 5.82 Å². The molecule has 1 heterocycles. The van der Waals surface area contributed by atoms with Crippen LogP contribution in [0.3, 0.4) is 0 Å². The quantitative estimate of drug-likeness (QED) is 0.657. The molecule has 0 amide bonds. The van der Waals surface area contributed by atoms with Gasteiger partial charge >= 0.3 is 0 Å². The largest absolute Gasteiger partial charge is 0.755 e. The van der Waals surface area contributed by atoms with Gasteiger partial charge in [-0.15, -0.1) is 0 Å². The predicted octanol–water partition coefficient (Wildman–Crippen LogP) is 0.868. The second kappa shape index (κ2) is 4.37. The van der Waals surface area contributed by atoms with Crippen molar-refractivity contribution in [2.75, 3.05) is 0 Å². The highest BCUT2D eigenvalue weighted by atomic mass is 32.2. The Hall–Kier alpha value is -0.680. The van der Waals surface area contributed by atoms with Crippen molar-refractivity contribution < 1.29 is 8.76 Å². The average Bonchev–Trinajstić information content (AvgIpc) is 2.48. The van der Waals surface area contributed by atoms with Crippen LogP contribution in [0.1, 0.15) is 25.6 Å². The first-order valence-corrected chi connectivity index (χ1v) is 4.91. The molecule has 0 aliphatic carbocycles. The number of imidazole rings is 1. The zero-order valence-electron chi connectivity index (χ0n) is 6.90. The maximum atomic E-state index is 10.6. The van der Waals surface area contributed by atoms with E-state index in [0.717, 1.165) is 23.2 Å². The topological polar surface area (TPSA) is 58.0 Å². The Morgan fingerprint density at radius 3 is 3.08 bits per heavy atom. The number of nitrogens with zero attached hydrogens (tertiary/aromatic N) is 2. The first kappa shape index (κ1) is 9.41. The molecule has 0 saturated heterocycles. The molecule has 4 nitrogen and oxygen atoms in total. The van der Waals surface area contributed by atoms with Gasteiger partial charge in [0.1, 0.15) is 5.82 Å². The van der Waals surface area contributed by atoms with Gasteiger partial charge < -0.3 is 4.55 Å². The van der Waals surface area contributed by atoms with Gasteiger partial charge in [0.25, 0.3) is 0 Å². The number of hydrogen-bond acceptors (Lipinski definition) is 3. The van der Waals surface area contributed by atoms with Crippen molar-refractivity contribution in [2.45, 2.75) is 26.2 Å². The molecular formula is C7H11N2O2S-. The summed E-state index contributed by atoms with van der Waals surface area (Å²) in [6, 6.07) is 0. The van der Waals surface area contributed by atoms with Gasteiger partial charge in [-0.05, 0) is 6.42 Å². The van der Waals surface area contributed by atoms with E-state index < -0.39 is 11.3 Å². The summed E-state index contributed by atoms with van der Waals surface area (Å²) >= 11 is -2.21. The van der Waals surface area contributed by atoms with Gasteiger partial charge in [-0.25, -0.2) is 4.98 Å². The summed E-state index contributed by atoms with van der Waals surface area (Å²) in [5.41, 5.74) is 0. The van der Waals surface area contributed by atoms with Crippen molar-refractivity contribution in [1.29, 1.82) is 0 Å².